The molecule has 0 amide bonds. The Labute approximate surface area is 291 Å². The van der Waals surface area contributed by atoms with Crippen molar-refractivity contribution in [3.63, 3.8) is 0 Å². The maximum atomic E-state index is 4.56. The summed E-state index contributed by atoms with van der Waals surface area (Å²) < 4.78 is 0. The maximum Gasteiger partial charge on any atom is 0.0688 e. The summed E-state index contributed by atoms with van der Waals surface area (Å²) in [6.07, 6.45) is 3.56. The van der Waals surface area contributed by atoms with Crippen molar-refractivity contribution in [2.75, 3.05) is 23.7 Å². The number of aryl methyl sites for hydroxylation is 12. The van der Waals surface area contributed by atoms with E-state index in [1.165, 1.54) is 78.1 Å². The average molecular weight is 660 g/mol. The molecule has 2 N–H and O–H groups in total. The highest BCUT2D eigenvalue weighted by atomic mass is 35.5. The zero-order valence-electron chi connectivity index (χ0n) is 29.8. The second kappa shape index (κ2) is 18.5. The fourth-order valence-corrected chi connectivity index (χ4v) is 6.26. The zero-order valence-corrected chi connectivity index (χ0v) is 31.3. The molecular formula is C40H52Cl2N4-2. The van der Waals surface area contributed by atoms with Gasteiger partial charge in [0.05, 0.1) is 11.4 Å². The fourth-order valence-electron chi connectivity index (χ4n) is 6.26. The van der Waals surface area contributed by atoms with Crippen molar-refractivity contribution in [2.24, 2.45) is 9.98 Å². The molecule has 4 rings (SSSR count). The molecule has 4 nitrogen and oxygen atoms in total. The Bertz CT molecular complexity index is 1470. The van der Waals surface area contributed by atoms with Crippen molar-refractivity contribution >= 4 is 35.2 Å². The summed E-state index contributed by atoms with van der Waals surface area (Å²) in [5.74, 6) is 0. The highest BCUT2D eigenvalue weighted by molar-refractivity contribution is 6.17. The Kier molecular flexibility index (Phi) is 16.3. The predicted molar refractivity (Wildman–Crippen MR) is 196 cm³/mol. The predicted octanol–water partition coefficient (Wildman–Crippen LogP) is 4.71. The Morgan fingerprint density at radius 2 is 0.609 bits per heavy atom. The van der Waals surface area contributed by atoms with Gasteiger partial charge in [-0.15, -0.1) is 0 Å². The number of rotatable bonds is 8. The van der Waals surface area contributed by atoms with Gasteiger partial charge in [-0.2, -0.15) is 0 Å². The van der Waals surface area contributed by atoms with Crippen LogP contribution in [0, 0.1) is 83.1 Å². The maximum absolute atomic E-state index is 4.56. The van der Waals surface area contributed by atoms with Gasteiger partial charge < -0.3 is 35.4 Å². The molecule has 0 radical (unpaired) electrons. The van der Waals surface area contributed by atoms with E-state index in [2.05, 4.69) is 152 Å². The summed E-state index contributed by atoms with van der Waals surface area (Å²) >= 11 is 0. The molecular weight excluding hydrogens is 607 g/mol. The number of nitrogens with one attached hydrogen (secondary N) is 2. The number of halogens is 2. The summed E-state index contributed by atoms with van der Waals surface area (Å²) in [6.45, 7) is 27.4. The lowest BCUT2D eigenvalue weighted by atomic mass is 10.0. The van der Waals surface area contributed by atoms with E-state index in [0.717, 1.165) is 24.5 Å². The Hall–Kier alpha value is -3.60. The molecule has 0 unspecified atom stereocenters. The van der Waals surface area contributed by atoms with Crippen LogP contribution in [0.15, 0.2) is 58.5 Å². The van der Waals surface area contributed by atoms with Crippen molar-refractivity contribution in [3.05, 3.63) is 115 Å². The Morgan fingerprint density at radius 3 is 0.848 bits per heavy atom. The minimum Gasteiger partial charge on any atom is -1.00 e. The van der Waals surface area contributed by atoms with E-state index in [0.29, 0.717) is 0 Å². The molecule has 0 atom stereocenters. The van der Waals surface area contributed by atoms with Gasteiger partial charge in [0, 0.05) is 36.9 Å². The minimum atomic E-state index is 0. The Morgan fingerprint density at radius 1 is 0.391 bits per heavy atom. The summed E-state index contributed by atoms with van der Waals surface area (Å²) in [5, 5.41) is 7.13. The third-order valence-corrected chi connectivity index (χ3v) is 7.83. The van der Waals surface area contributed by atoms with Gasteiger partial charge >= 0.3 is 0 Å². The number of benzene rings is 4. The molecule has 0 aliphatic rings. The SMILES string of the molecule is Cc1cc(C)c(N=CC=Nc2c(C)cc(C)cc2C)c(C)c1.Cc1cc(C)c(NCCNc2c(C)cc(C)cc2C)c(C)c1.[Cl-].[Cl-]. The molecule has 0 aromatic heterocycles. The molecule has 0 aliphatic heterocycles. The van der Waals surface area contributed by atoms with Crippen molar-refractivity contribution in [3.8, 4) is 0 Å². The van der Waals surface area contributed by atoms with Crippen LogP contribution in [-0.2, 0) is 0 Å². The van der Waals surface area contributed by atoms with Crippen LogP contribution in [0.2, 0.25) is 0 Å². The van der Waals surface area contributed by atoms with Crippen molar-refractivity contribution < 1.29 is 24.8 Å². The molecule has 0 spiro atoms. The van der Waals surface area contributed by atoms with Crippen LogP contribution >= 0.6 is 0 Å². The van der Waals surface area contributed by atoms with Gasteiger partial charge in [-0.3, -0.25) is 9.98 Å². The van der Waals surface area contributed by atoms with Crippen LogP contribution in [0.4, 0.5) is 22.7 Å². The molecule has 248 valence electrons. The minimum absolute atomic E-state index is 0. The van der Waals surface area contributed by atoms with E-state index in [1.54, 1.807) is 12.4 Å². The lowest BCUT2D eigenvalue weighted by Crippen LogP contribution is -3.00. The number of hydrogen-bond acceptors (Lipinski definition) is 4. The highest BCUT2D eigenvalue weighted by Gasteiger charge is 2.06. The lowest BCUT2D eigenvalue weighted by Gasteiger charge is -2.17. The average Bonchev–Trinajstić information content (AvgIpc) is 2.89. The molecule has 0 aliphatic carbocycles. The molecule has 0 bridgehead atoms. The molecule has 0 fully saturated rings. The van der Waals surface area contributed by atoms with Crippen molar-refractivity contribution in [2.45, 2.75) is 83.1 Å². The van der Waals surface area contributed by atoms with Crippen LogP contribution in [0.3, 0.4) is 0 Å². The third-order valence-electron chi connectivity index (χ3n) is 7.83. The topological polar surface area (TPSA) is 48.8 Å². The highest BCUT2D eigenvalue weighted by Crippen LogP contribution is 2.26. The van der Waals surface area contributed by atoms with Gasteiger partial charge in [0.15, 0.2) is 0 Å². The first-order valence-electron chi connectivity index (χ1n) is 15.6. The second-order valence-electron chi connectivity index (χ2n) is 12.5. The summed E-state index contributed by atoms with van der Waals surface area (Å²) in [7, 11) is 0. The monoisotopic (exact) mass is 658 g/mol. The lowest BCUT2D eigenvalue weighted by molar-refractivity contribution is -0.00100. The van der Waals surface area contributed by atoms with E-state index < -0.39 is 0 Å². The number of aliphatic imine (C=N–C) groups is 2. The smallest absolute Gasteiger partial charge is 0.0688 e. The van der Waals surface area contributed by atoms with Crippen LogP contribution in [0.25, 0.3) is 0 Å². The molecule has 6 heteroatoms. The molecule has 0 heterocycles. The van der Waals surface area contributed by atoms with Gasteiger partial charge in [-0.05, 0) is 128 Å². The number of nitrogens with zero attached hydrogens (tertiary/aromatic N) is 2. The Balaban J connectivity index is 0.000000441. The van der Waals surface area contributed by atoms with Gasteiger partial charge in [0.2, 0.25) is 0 Å². The van der Waals surface area contributed by atoms with Gasteiger partial charge in [-0.25, -0.2) is 0 Å². The van der Waals surface area contributed by atoms with Crippen molar-refractivity contribution in [1.29, 1.82) is 0 Å². The van der Waals surface area contributed by atoms with Gasteiger partial charge in [0.25, 0.3) is 0 Å². The van der Waals surface area contributed by atoms with Crippen LogP contribution < -0.4 is 35.4 Å². The van der Waals surface area contributed by atoms with Crippen molar-refractivity contribution in [1.82, 2.24) is 0 Å². The summed E-state index contributed by atoms with van der Waals surface area (Å²) in [6, 6.07) is 17.6. The van der Waals surface area contributed by atoms with E-state index >= 15 is 0 Å². The first-order chi connectivity index (χ1) is 20.8. The van der Waals surface area contributed by atoms with Crippen LogP contribution in [-0.4, -0.2) is 25.5 Å². The molecule has 0 saturated carbocycles. The van der Waals surface area contributed by atoms with E-state index in [1.807, 2.05) is 0 Å². The molecule has 0 saturated heterocycles. The normalized spacial score (nSPS) is 10.7. The van der Waals surface area contributed by atoms with Gasteiger partial charge in [-0.1, -0.05) is 70.8 Å². The summed E-state index contributed by atoms with van der Waals surface area (Å²) in [4.78, 5) is 9.13. The fraction of sp³-hybridized carbons (Fsp3) is 0.350. The molecule has 4 aromatic rings. The summed E-state index contributed by atoms with van der Waals surface area (Å²) in [5.41, 5.74) is 19.9. The largest absolute Gasteiger partial charge is 1.00 e. The second-order valence-corrected chi connectivity index (χ2v) is 12.5. The van der Waals surface area contributed by atoms with E-state index in [9.17, 15) is 0 Å². The quantitative estimate of drug-likeness (QED) is 0.213. The van der Waals surface area contributed by atoms with E-state index in [4.69, 9.17) is 0 Å². The van der Waals surface area contributed by atoms with Crippen LogP contribution in [0.5, 0.6) is 0 Å². The van der Waals surface area contributed by atoms with E-state index in [-0.39, 0.29) is 24.8 Å². The standard InChI is InChI=1S/C20H28N2.C20H24N2.2ClH/c2*1-13-9-15(3)19(16(4)10-13)21-7-8-22-20-17(5)11-14(2)12-18(20)6;;/h9-12,21-22H,7-8H2,1-6H3;7-12H,1-6H3;2*1H/p-2. The van der Waals surface area contributed by atoms with Crippen LogP contribution in [0.1, 0.15) is 66.8 Å². The molecule has 46 heavy (non-hydrogen) atoms. The number of hydrogen-bond donors (Lipinski definition) is 2. The number of anilines is 2. The third kappa shape index (κ3) is 11.3. The first kappa shape index (κ1) is 40.4. The molecule has 4 aromatic carbocycles. The van der Waals surface area contributed by atoms with Gasteiger partial charge in [0.1, 0.15) is 0 Å². The first-order valence-corrected chi connectivity index (χ1v) is 15.6. The zero-order chi connectivity index (χ0) is 32.6.